The van der Waals surface area contributed by atoms with Gasteiger partial charge in [0.15, 0.2) is 0 Å². The number of rotatable bonds is 22. The number of alkyl halides is 3. The van der Waals surface area contributed by atoms with E-state index in [2.05, 4.69) is 20.5 Å². The molecule has 11 nitrogen and oxygen atoms in total. The zero-order valence-electron chi connectivity index (χ0n) is 39.1. The third-order valence-electron chi connectivity index (χ3n) is 11.7. The van der Waals surface area contributed by atoms with Crippen LogP contribution in [0.5, 0.6) is 0 Å². The lowest BCUT2D eigenvalue weighted by molar-refractivity contribution is -0.140. The van der Waals surface area contributed by atoms with Gasteiger partial charge in [-0.2, -0.15) is 13.2 Å². The van der Waals surface area contributed by atoms with Crippen LogP contribution in [0, 0.1) is 0 Å². The molecule has 0 fully saturated rings. The van der Waals surface area contributed by atoms with Gasteiger partial charge in [-0.3, -0.25) is 24.2 Å². The van der Waals surface area contributed by atoms with Gasteiger partial charge in [0, 0.05) is 84.5 Å². The van der Waals surface area contributed by atoms with E-state index in [9.17, 15) is 32.3 Å². The standard InChI is InChI=1S/C52H60F3N5O6S/c1-8-60(9-2)41-19-20-44(43(32-41)45-31-39(22-25-56-45)48(64)57-33-36-14-11-17-40(28-36)52(53,54)55)58-49(65)38-16-10-15-37(27-38)34-67-42-18-12-13-35(29-42)30-46(61)59(7)50(3,4)24-26-66-51(5,6)23-21-47(62)63/h10-20,22,25,27-29,31-32H,8-9,21,23-24,26,30,33-34H2,1-7H3,(H,57,64)(H,58,65)(H,62,63). The molecule has 5 rings (SSSR count). The number of thioether (sulfide) groups is 1. The Hall–Kier alpha value is -6.19. The van der Waals surface area contributed by atoms with Crippen LogP contribution in [0.3, 0.4) is 0 Å². The zero-order valence-corrected chi connectivity index (χ0v) is 39.9. The molecular formula is C52H60F3N5O6S. The number of carbonyl (C=O) groups is 4. The number of carboxylic acid groups (broad SMARTS) is 1. The number of pyridine rings is 1. The van der Waals surface area contributed by atoms with Gasteiger partial charge >= 0.3 is 12.1 Å². The van der Waals surface area contributed by atoms with Gasteiger partial charge in [0.1, 0.15) is 0 Å². The average molecular weight is 940 g/mol. The topological polar surface area (TPSA) is 141 Å². The summed E-state index contributed by atoms with van der Waals surface area (Å²) >= 11 is 1.59. The van der Waals surface area contributed by atoms with E-state index in [1.807, 2.05) is 102 Å². The summed E-state index contributed by atoms with van der Waals surface area (Å²) in [6, 6.07) is 28.7. The highest BCUT2D eigenvalue weighted by Crippen LogP contribution is 2.34. The third-order valence-corrected chi connectivity index (χ3v) is 12.7. The molecule has 0 saturated carbocycles. The number of carboxylic acids is 1. The lowest BCUT2D eigenvalue weighted by atomic mass is 9.97. The van der Waals surface area contributed by atoms with Crippen LogP contribution in [0.15, 0.2) is 114 Å². The summed E-state index contributed by atoms with van der Waals surface area (Å²) in [7, 11) is 1.79. The summed E-state index contributed by atoms with van der Waals surface area (Å²) in [4.78, 5) is 61.1. The van der Waals surface area contributed by atoms with Crippen LogP contribution >= 0.6 is 11.8 Å². The number of aliphatic carboxylic acids is 1. The molecule has 0 unspecified atom stereocenters. The summed E-state index contributed by atoms with van der Waals surface area (Å²) in [5.74, 6) is -1.19. The number of likely N-dealkylation sites (N-methyl/N-ethyl adjacent to an activating group) is 1. The quantitative estimate of drug-likeness (QED) is 0.0578. The average Bonchev–Trinajstić information content (AvgIpc) is 3.30. The van der Waals surface area contributed by atoms with Crippen LogP contribution in [0.4, 0.5) is 24.5 Å². The first-order valence-corrected chi connectivity index (χ1v) is 23.2. The number of nitrogens with zero attached hydrogens (tertiary/aromatic N) is 3. The van der Waals surface area contributed by atoms with Crippen molar-refractivity contribution in [1.82, 2.24) is 15.2 Å². The van der Waals surface area contributed by atoms with Crippen LogP contribution in [-0.2, 0) is 39.2 Å². The minimum Gasteiger partial charge on any atom is -0.481 e. The van der Waals surface area contributed by atoms with Crippen molar-refractivity contribution in [3.05, 3.63) is 143 Å². The second-order valence-corrected chi connectivity index (χ2v) is 18.5. The molecule has 4 aromatic carbocycles. The maximum atomic E-state index is 13.9. The van der Waals surface area contributed by atoms with Crippen LogP contribution in [-0.4, -0.2) is 76.6 Å². The molecule has 0 saturated heterocycles. The van der Waals surface area contributed by atoms with Crippen LogP contribution in [0.25, 0.3) is 11.3 Å². The first-order chi connectivity index (χ1) is 31.7. The summed E-state index contributed by atoms with van der Waals surface area (Å²) in [6.07, 6.45) is -1.82. The molecule has 15 heteroatoms. The van der Waals surface area contributed by atoms with Crippen molar-refractivity contribution in [2.75, 3.05) is 37.0 Å². The number of benzene rings is 4. The van der Waals surface area contributed by atoms with E-state index in [-0.39, 0.29) is 36.8 Å². The zero-order chi connectivity index (χ0) is 48.9. The van der Waals surface area contributed by atoms with Gasteiger partial charge in [-0.15, -0.1) is 11.8 Å². The van der Waals surface area contributed by atoms with Crippen molar-refractivity contribution in [2.45, 2.75) is 102 Å². The smallest absolute Gasteiger partial charge is 0.416 e. The Balaban J connectivity index is 1.24. The number of nitrogens with one attached hydrogen (secondary N) is 2. The summed E-state index contributed by atoms with van der Waals surface area (Å²) in [5, 5.41) is 14.8. The number of anilines is 2. The van der Waals surface area contributed by atoms with Crippen molar-refractivity contribution in [1.29, 1.82) is 0 Å². The fraction of sp³-hybridized carbons (Fsp3) is 0.365. The van der Waals surface area contributed by atoms with Crippen LogP contribution in [0.1, 0.15) is 104 Å². The third kappa shape index (κ3) is 15.2. The van der Waals surface area contributed by atoms with E-state index in [4.69, 9.17) is 9.84 Å². The Bertz CT molecular complexity index is 2530. The minimum atomic E-state index is -4.50. The van der Waals surface area contributed by atoms with Crippen molar-refractivity contribution in [3.63, 3.8) is 0 Å². The van der Waals surface area contributed by atoms with E-state index in [0.29, 0.717) is 53.3 Å². The molecule has 0 radical (unpaired) electrons. The number of hydrogen-bond acceptors (Lipinski definition) is 8. The molecule has 0 aliphatic rings. The molecule has 5 aromatic rings. The number of ether oxygens (including phenoxy) is 1. The van der Waals surface area contributed by atoms with Gasteiger partial charge in [0.25, 0.3) is 11.8 Å². The van der Waals surface area contributed by atoms with Gasteiger partial charge in [-0.1, -0.05) is 36.4 Å². The highest BCUT2D eigenvalue weighted by atomic mass is 32.2. The molecule has 67 heavy (non-hydrogen) atoms. The Morgan fingerprint density at radius 3 is 2.18 bits per heavy atom. The van der Waals surface area contributed by atoms with Gasteiger partial charge in [-0.25, -0.2) is 0 Å². The van der Waals surface area contributed by atoms with E-state index < -0.39 is 34.8 Å². The van der Waals surface area contributed by atoms with E-state index >= 15 is 0 Å². The number of amides is 3. The Kier molecular flexibility index (Phi) is 17.8. The molecule has 356 valence electrons. The van der Waals surface area contributed by atoms with Gasteiger partial charge < -0.3 is 30.3 Å². The predicted molar refractivity (Wildman–Crippen MR) is 258 cm³/mol. The monoisotopic (exact) mass is 939 g/mol. The van der Waals surface area contributed by atoms with Crippen molar-refractivity contribution in [3.8, 4) is 11.3 Å². The van der Waals surface area contributed by atoms with E-state index in [1.165, 1.54) is 24.4 Å². The SMILES string of the molecule is CCN(CC)c1ccc(NC(=O)c2cccc(CSc3cccc(CC(=O)N(C)C(C)(C)CCOC(C)(C)CCC(=O)O)c3)c2)c(-c2cc(C(=O)NCc3cccc(C(F)(F)F)c3)ccn2)c1. The molecule has 0 aliphatic heterocycles. The number of halogens is 3. The maximum absolute atomic E-state index is 13.9. The highest BCUT2D eigenvalue weighted by molar-refractivity contribution is 7.98. The molecule has 1 aromatic heterocycles. The molecule has 3 N–H and O–H groups in total. The summed E-state index contributed by atoms with van der Waals surface area (Å²) in [6.45, 7) is 13.5. The van der Waals surface area contributed by atoms with Gasteiger partial charge in [0.05, 0.1) is 29.0 Å². The van der Waals surface area contributed by atoms with E-state index in [0.717, 1.165) is 46.9 Å². The fourth-order valence-corrected chi connectivity index (χ4v) is 8.19. The van der Waals surface area contributed by atoms with Crippen molar-refractivity contribution >= 4 is 46.8 Å². The van der Waals surface area contributed by atoms with E-state index in [1.54, 1.807) is 35.8 Å². The van der Waals surface area contributed by atoms with Crippen molar-refractivity contribution in [2.24, 2.45) is 0 Å². The molecule has 0 atom stereocenters. The Labute approximate surface area is 395 Å². The molecule has 1 heterocycles. The van der Waals surface area contributed by atoms with Gasteiger partial charge in [0.2, 0.25) is 5.91 Å². The molecule has 0 aliphatic carbocycles. The normalized spacial score (nSPS) is 11.8. The second-order valence-electron chi connectivity index (χ2n) is 17.5. The highest BCUT2D eigenvalue weighted by Gasteiger charge is 2.31. The largest absolute Gasteiger partial charge is 0.481 e. The molecule has 0 spiro atoms. The van der Waals surface area contributed by atoms with Crippen LogP contribution in [0.2, 0.25) is 0 Å². The Morgan fingerprint density at radius 2 is 1.46 bits per heavy atom. The number of aromatic nitrogens is 1. The van der Waals surface area contributed by atoms with Gasteiger partial charge in [-0.05, 0) is 138 Å². The molecule has 3 amide bonds. The predicted octanol–water partition coefficient (Wildman–Crippen LogP) is 10.9. The molecule has 0 bridgehead atoms. The summed E-state index contributed by atoms with van der Waals surface area (Å²) in [5.41, 5.74) is 3.24. The lowest BCUT2D eigenvalue weighted by Crippen LogP contribution is -2.46. The first kappa shape index (κ1) is 51.8. The fourth-order valence-electron chi connectivity index (χ4n) is 7.26. The first-order valence-electron chi connectivity index (χ1n) is 22.2. The number of hydrogen-bond donors (Lipinski definition) is 3. The number of carbonyl (C=O) groups excluding carboxylic acids is 3. The molecular weight excluding hydrogens is 880 g/mol. The summed E-state index contributed by atoms with van der Waals surface area (Å²) < 4.78 is 45.8. The minimum absolute atomic E-state index is 0.0241. The maximum Gasteiger partial charge on any atom is 0.416 e. The van der Waals surface area contributed by atoms with Crippen molar-refractivity contribution < 1.29 is 42.2 Å². The van der Waals surface area contributed by atoms with Crippen LogP contribution < -0.4 is 15.5 Å². The second kappa shape index (κ2) is 23.0. The lowest BCUT2D eigenvalue weighted by Gasteiger charge is -2.37. The Morgan fingerprint density at radius 1 is 0.776 bits per heavy atom.